The number of thioether (sulfide) groups is 1. The number of amides is 1. The summed E-state index contributed by atoms with van der Waals surface area (Å²) in [5.74, 6) is -0.523. The van der Waals surface area contributed by atoms with Crippen LogP contribution in [-0.4, -0.2) is 39.0 Å². The number of esters is 1. The zero-order valence-corrected chi connectivity index (χ0v) is 16.1. The van der Waals surface area contributed by atoms with Crippen LogP contribution in [0.1, 0.15) is 10.4 Å². The molecule has 0 aliphatic rings. The summed E-state index contributed by atoms with van der Waals surface area (Å²) in [4.78, 5) is 25.2. The first-order valence-electron chi connectivity index (χ1n) is 7.51. The number of anilines is 1. The zero-order valence-electron chi connectivity index (χ0n) is 14.5. The average Bonchev–Trinajstić information content (AvgIpc) is 2.65. The van der Waals surface area contributed by atoms with Gasteiger partial charge in [0.1, 0.15) is 0 Å². The van der Waals surface area contributed by atoms with Gasteiger partial charge in [-0.3, -0.25) is 4.79 Å². The van der Waals surface area contributed by atoms with Gasteiger partial charge in [0, 0.05) is 10.6 Å². The molecule has 2 aromatic carbocycles. The van der Waals surface area contributed by atoms with Gasteiger partial charge in [0.25, 0.3) is 5.91 Å². The smallest absolute Gasteiger partial charge is 0.338 e. The maximum Gasteiger partial charge on any atom is 0.338 e. The monoisotopic (exact) mass is 395 g/mol. The fourth-order valence-corrected chi connectivity index (χ4v) is 2.82. The van der Waals surface area contributed by atoms with Gasteiger partial charge in [0.05, 0.1) is 24.8 Å². The van der Waals surface area contributed by atoms with Crippen molar-refractivity contribution < 1.29 is 23.8 Å². The van der Waals surface area contributed by atoms with Crippen LogP contribution in [-0.2, 0) is 9.53 Å². The summed E-state index contributed by atoms with van der Waals surface area (Å²) in [6, 6.07) is 10.2. The highest BCUT2D eigenvalue weighted by atomic mass is 35.5. The number of carbonyl (C=O) groups excluding carboxylic acids is 2. The highest BCUT2D eigenvalue weighted by molar-refractivity contribution is 7.98. The summed E-state index contributed by atoms with van der Waals surface area (Å²) < 4.78 is 15.3. The van der Waals surface area contributed by atoms with Crippen LogP contribution in [0.15, 0.2) is 41.3 Å². The maximum absolute atomic E-state index is 12.1. The minimum Gasteiger partial charge on any atom is -0.493 e. The SMILES string of the molecule is COc1cc(C(=O)OCC(=O)Nc2ccc(SC)cc2)cc(Cl)c1OC. The van der Waals surface area contributed by atoms with Crippen LogP contribution in [0.25, 0.3) is 0 Å². The summed E-state index contributed by atoms with van der Waals surface area (Å²) in [5, 5.41) is 2.86. The Hall–Kier alpha value is -2.38. The third kappa shape index (κ3) is 5.06. The van der Waals surface area contributed by atoms with Crippen LogP contribution in [0.4, 0.5) is 5.69 Å². The van der Waals surface area contributed by atoms with E-state index in [1.54, 1.807) is 23.9 Å². The predicted octanol–water partition coefficient (Wildman–Crippen LogP) is 3.87. The summed E-state index contributed by atoms with van der Waals surface area (Å²) in [5.41, 5.74) is 0.780. The molecule has 0 heterocycles. The minimum atomic E-state index is -0.694. The van der Waals surface area contributed by atoms with Gasteiger partial charge in [-0.25, -0.2) is 4.79 Å². The Labute approximate surface area is 160 Å². The lowest BCUT2D eigenvalue weighted by atomic mass is 10.2. The first-order chi connectivity index (χ1) is 12.5. The van der Waals surface area contributed by atoms with Crippen LogP contribution in [0.2, 0.25) is 5.02 Å². The second-order valence-corrected chi connectivity index (χ2v) is 6.33. The molecular formula is C18H18ClNO5S. The molecule has 0 spiro atoms. The molecule has 2 aromatic rings. The number of methoxy groups -OCH3 is 2. The summed E-state index contributed by atoms with van der Waals surface area (Å²) in [6.07, 6.45) is 1.97. The van der Waals surface area contributed by atoms with E-state index < -0.39 is 18.5 Å². The molecule has 8 heteroatoms. The van der Waals surface area contributed by atoms with Crippen molar-refractivity contribution in [2.45, 2.75) is 4.90 Å². The third-order valence-electron chi connectivity index (χ3n) is 3.38. The molecule has 0 aliphatic heterocycles. The number of benzene rings is 2. The van der Waals surface area contributed by atoms with Gasteiger partial charge in [-0.05, 0) is 42.7 Å². The molecule has 0 fully saturated rings. The van der Waals surface area contributed by atoms with E-state index in [9.17, 15) is 9.59 Å². The number of nitrogens with one attached hydrogen (secondary N) is 1. The second-order valence-electron chi connectivity index (χ2n) is 5.05. The van der Waals surface area contributed by atoms with Crippen molar-refractivity contribution in [3.63, 3.8) is 0 Å². The molecular weight excluding hydrogens is 378 g/mol. The van der Waals surface area contributed by atoms with Crippen molar-refractivity contribution in [2.75, 3.05) is 32.4 Å². The van der Waals surface area contributed by atoms with E-state index in [1.165, 1.54) is 26.4 Å². The first kappa shape index (κ1) is 19.9. The average molecular weight is 396 g/mol. The van der Waals surface area contributed by atoms with E-state index in [0.29, 0.717) is 17.2 Å². The lowest BCUT2D eigenvalue weighted by Gasteiger charge is -2.11. The van der Waals surface area contributed by atoms with Crippen LogP contribution < -0.4 is 14.8 Å². The summed E-state index contributed by atoms with van der Waals surface area (Å²) in [6.45, 7) is -0.422. The molecule has 0 bridgehead atoms. The minimum absolute atomic E-state index is 0.157. The molecule has 1 amide bonds. The Morgan fingerprint density at radius 3 is 2.38 bits per heavy atom. The number of halogens is 1. The Balaban J connectivity index is 1.97. The molecule has 2 rings (SSSR count). The van der Waals surface area contributed by atoms with Gasteiger partial charge in [-0.15, -0.1) is 11.8 Å². The van der Waals surface area contributed by atoms with E-state index in [0.717, 1.165) is 4.90 Å². The molecule has 26 heavy (non-hydrogen) atoms. The van der Waals surface area contributed by atoms with E-state index in [2.05, 4.69) is 5.32 Å². The van der Waals surface area contributed by atoms with Crippen molar-refractivity contribution in [3.8, 4) is 11.5 Å². The van der Waals surface area contributed by atoms with E-state index in [4.69, 9.17) is 25.8 Å². The fourth-order valence-electron chi connectivity index (χ4n) is 2.12. The normalized spacial score (nSPS) is 10.2. The standard InChI is InChI=1S/C18H18ClNO5S/c1-23-15-9-11(8-14(19)17(15)24-2)18(22)25-10-16(21)20-12-4-6-13(26-3)7-5-12/h4-9H,10H2,1-3H3,(H,20,21). The molecule has 0 saturated carbocycles. The summed E-state index contributed by atoms with van der Waals surface area (Å²) in [7, 11) is 2.87. The molecule has 0 aliphatic carbocycles. The Morgan fingerprint density at radius 2 is 1.81 bits per heavy atom. The van der Waals surface area contributed by atoms with Crippen LogP contribution in [0.5, 0.6) is 11.5 Å². The van der Waals surface area contributed by atoms with Crippen LogP contribution in [0, 0.1) is 0 Å². The van der Waals surface area contributed by atoms with E-state index >= 15 is 0 Å². The molecule has 138 valence electrons. The van der Waals surface area contributed by atoms with E-state index in [1.807, 2.05) is 18.4 Å². The molecule has 0 unspecified atom stereocenters. The van der Waals surface area contributed by atoms with Crippen molar-refractivity contribution in [2.24, 2.45) is 0 Å². The van der Waals surface area contributed by atoms with Gasteiger partial charge < -0.3 is 19.5 Å². The largest absolute Gasteiger partial charge is 0.493 e. The number of ether oxygens (including phenoxy) is 3. The van der Waals surface area contributed by atoms with Gasteiger partial charge in [-0.1, -0.05) is 11.6 Å². The van der Waals surface area contributed by atoms with Gasteiger partial charge in [-0.2, -0.15) is 0 Å². The van der Waals surface area contributed by atoms with Crippen molar-refractivity contribution in [3.05, 3.63) is 47.0 Å². The zero-order chi connectivity index (χ0) is 19.1. The molecule has 0 aromatic heterocycles. The molecule has 0 atom stereocenters. The van der Waals surface area contributed by atoms with Crippen molar-refractivity contribution in [1.29, 1.82) is 0 Å². The van der Waals surface area contributed by atoms with Gasteiger partial charge in [0.2, 0.25) is 0 Å². The molecule has 0 saturated heterocycles. The van der Waals surface area contributed by atoms with Crippen molar-refractivity contribution >= 4 is 40.9 Å². The highest BCUT2D eigenvalue weighted by Gasteiger charge is 2.17. The van der Waals surface area contributed by atoms with Crippen LogP contribution in [0.3, 0.4) is 0 Å². The maximum atomic E-state index is 12.1. The number of hydrogen-bond acceptors (Lipinski definition) is 6. The topological polar surface area (TPSA) is 73.9 Å². The quantitative estimate of drug-likeness (QED) is 0.566. The number of rotatable bonds is 7. The Bertz CT molecular complexity index is 795. The van der Waals surface area contributed by atoms with E-state index in [-0.39, 0.29) is 10.6 Å². The second kappa shape index (κ2) is 9.35. The third-order valence-corrected chi connectivity index (χ3v) is 4.40. The fraction of sp³-hybridized carbons (Fsp3) is 0.222. The van der Waals surface area contributed by atoms with Gasteiger partial charge >= 0.3 is 5.97 Å². The Morgan fingerprint density at radius 1 is 1.12 bits per heavy atom. The highest BCUT2D eigenvalue weighted by Crippen LogP contribution is 2.36. The lowest BCUT2D eigenvalue weighted by molar-refractivity contribution is -0.119. The first-order valence-corrected chi connectivity index (χ1v) is 9.11. The predicted molar refractivity (Wildman–Crippen MR) is 102 cm³/mol. The Kier molecular flexibility index (Phi) is 7.17. The molecule has 0 radical (unpaired) electrons. The molecule has 6 nitrogen and oxygen atoms in total. The number of carbonyl (C=O) groups is 2. The van der Waals surface area contributed by atoms with Crippen molar-refractivity contribution in [1.82, 2.24) is 0 Å². The molecule has 1 N–H and O–H groups in total. The van der Waals surface area contributed by atoms with Gasteiger partial charge in [0.15, 0.2) is 18.1 Å². The number of hydrogen-bond donors (Lipinski definition) is 1. The van der Waals surface area contributed by atoms with Crippen LogP contribution >= 0.6 is 23.4 Å². The lowest BCUT2D eigenvalue weighted by Crippen LogP contribution is -2.21. The summed E-state index contributed by atoms with van der Waals surface area (Å²) >= 11 is 7.66.